The summed E-state index contributed by atoms with van der Waals surface area (Å²) in [6.45, 7) is 1.86. The van der Waals surface area contributed by atoms with Crippen molar-refractivity contribution in [2.45, 2.75) is 6.92 Å². The summed E-state index contributed by atoms with van der Waals surface area (Å²) in [5.74, 6) is 3.18. The molecule has 0 atom stereocenters. The topological polar surface area (TPSA) is 78.9 Å². The van der Waals surface area contributed by atoms with Gasteiger partial charge in [-0.05, 0) is 42.8 Å². The predicted octanol–water partition coefficient (Wildman–Crippen LogP) is 2.79. The molecule has 0 N–H and O–H groups in total. The number of methoxy groups -OCH3 is 2. The number of hydrogen-bond donors (Lipinski definition) is 0. The molecule has 3 aromatic heterocycles. The standard InChI is InChI=1S/C20H17N3O4S/c1-12-4-7-14(27-12)11-17-19(24)23-20(28-17)21-18(22-23)9-6-13-5-8-15(25-2)16(10-13)26-3/h4-11H,1-3H3/b9-6+,17-11-. The molecular formula is C20H17N3O4S. The summed E-state index contributed by atoms with van der Waals surface area (Å²) in [6, 6.07) is 9.25. The fourth-order valence-electron chi connectivity index (χ4n) is 2.71. The number of aryl methyl sites for hydroxylation is 1. The lowest BCUT2D eigenvalue weighted by molar-refractivity contribution is 0.355. The van der Waals surface area contributed by atoms with E-state index < -0.39 is 0 Å². The predicted molar refractivity (Wildman–Crippen MR) is 108 cm³/mol. The second-order valence-electron chi connectivity index (χ2n) is 5.98. The van der Waals surface area contributed by atoms with Crippen molar-refractivity contribution in [3.05, 3.63) is 68.1 Å². The lowest BCUT2D eigenvalue weighted by Gasteiger charge is -2.07. The molecule has 4 aromatic rings. The van der Waals surface area contributed by atoms with Gasteiger partial charge in [-0.3, -0.25) is 4.79 Å². The molecule has 0 bridgehead atoms. The first-order valence-corrected chi connectivity index (χ1v) is 9.27. The number of hydrogen-bond acceptors (Lipinski definition) is 7. The number of aromatic nitrogens is 3. The molecule has 0 spiro atoms. The average Bonchev–Trinajstić information content (AvgIpc) is 3.37. The molecule has 0 amide bonds. The molecule has 8 heteroatoms. The van der Waals surface area contributed by atoms with Crippen LogP contribution in [-0.2, 0) is 0 Å². The van der Waals surface area contributed by atoms with Crippen molar-refractivity contribution >= 4 is 34.5 Å². The van der Waals surface area contributed by atoms with E-state index >= 15 is 0 Å². The van der Waals surface area contributed by atoms with E-state index in [0.717, 1.165) is 11.3 Å². The molecule has 1 aromatic carbocycles. The number of nitrogens with zero attached hydrogens (tertiary/aromatic N) is 3. The number of benzene rings is 1. The third kappa shape index (κ3) is 3.41. The zero-order chi connectivity index (χ0) is 19.7. The SMILES string of the molecule is COc1ccc(/C=C/c2nc3s/c(=C\c4ccc(C)o4)c(=O)n3n2)cc1OC. The van der Waals surface area contributed by atoms with Crippen LogP contribution in [0.25, 0.3) is 23.2 Å². The Kier molecular flexibility index (Phi) is 4.70. The molecule has 0 saturated heterocycles. The zero-order valence-corrected chi connectivity index (χ0v) is 16.3. The highest BCUT2D eigenvalue weighted by Gasteiger charge is 2.09. The molecule has 0 aliphatic rings. The van der Waals surface area contributed by atoms with Gasteiger partial charge in [0.25, 0.3) is 5.56 Å². The lowest BCUT2D eigenvalue weighted by atomic mass is 10.2. The van der Waals surface area contributed by atoms with Gasteiger partial charge in [0, 0.05) is 6.08 Å². The minimum Gasteiger partial charge on any atom is -0.493 e. The van der Waals surface area contributed by atoms with Crippen molar-refractivity contribution in [1.82, 2.24) is 14.6 Å². The van der Waals surface area contributed by atoms with Crippen molar-refractivity contribution in [2.75, 3.05) is 14.2 Å². The maximum atomic E-state index is 12.5. The van der Waals surface area contributed by atoms with E-state index in [1.165, 1.54) is 15.9 Å². The molecule has 3 heterocycles. The summed E-state index contributed by atoms with van der Waals surface area (Å²) in [7, 11) is 3.18. The highest BCUT2D eigenvalue weighted by molar-refractivity contribution is 7.15. The number of furan rings is 1. The Labute approximate surface area is 164 Å². The average molecular weight is 395 g/mol. The Morgan fingerprint density at radius 2 is 1.93 bits per heavy atom. The second kappa shape index (κ2) is 7.32. The maximum Gasteiger partial charge on any atom is 0.291 e. The van der Waals surface area contributed by atoms with Crippen molar-refractivity contribution in [3.63, 3.8) is 0 Å². The number of ether oxygens (including phenoxy) is 2. The van der Waals surface area contributed by atoms with Gasteiger partial charge in [-0.25, -0.2) is 0 Å². The summed E-state index contributed by atoms with van der Waals surface area (Å²) < 4.78 is 17.9. The van der Waals surface area contributed by atoms with Crippen molar-refractivity contribution in [1.29, 1.82) is 0 Å². The van der Waals surface area contributed by atoms with Crippen molar-refractivity contribution in [3.8, 4) is 11.5 Å². The molecule has 0 aliphatic carbocycles. The largest absolute Gasteiger partial charge is 0.493 e. The minimum absolute atomic E-state index is 0.215. The molecule has 0 aliphatic heterocycles. The van der Waals surface area contributed by atoms with Gasteiger partial charge in [-0.2, -0.15) is 9.50 Å². The van der Waals surface area contributed by atoms with Crippen molar-refractivity contribution < 1.29 is 13.9 Å². The fourth-order valence-corrected chi connectivity index (χ4v) is 3.60. The summed E-state index contributed by atoms with van der Waals surface area (Å²) in [5, 5.41) is 4.28. The number of fused-ring (bicyclic) bond motifs is 1. The molecule has 7 nitrogen and oxygen atoms in total. The van der Waals surface area contributed by atoms with Crippen LogP contribution in [0.1, 0.15) is 22.9 Å². The van der Waals surface area contributed by atoms with Crippen LogP contribution in [0.3, 0.4) is 0 Å². The molecule has 0 saturated carbocycles. The van der Waals surface area contributed by atoms with Crippen molar-refractivity contribution in [2.24, 2.45) is 0 Å². The summed E-state index contributed by atoms with van der Waals surface area (Å²) in [4.78, 5) is 17.5. The van der Waals surface area contributed by atoms with Crippen LogP contribution < -0.4 is 19.6 Å². The Bertz CT molecular complexity index is 1280. The maximum absolute atomic E-state index is 12.5. The van der Waals surface area contributed by atoms with Gasteiger partial charge in [0.15, 0.2) is 17.3 Å². The monoisotopic (exact) mass is 395 g/mol. The number of rotatable bonds is 5. The first-order valence-electron chi connectivity index (χ1n) is 8.45. The van der Waals surface area contributed by atoms with E-state index in [1.807, 2.05) is 43.3 Å². The molecule has 0 fully saturated rings. The van der Waals surface area contributed by atoms with Gasteiger partial charge in [-0.15, -0.1) is 5.10 Å². The van der Waals surface area contributed by atoms with Gasteiger partial charge in [0.1, 0.15) is 16.1 Å². The molecule has 142 valence electrons. The smallest absolute Gasteiger partial charge is 0.291 e. The van der Waals surface area contributed by atoms with Gasteiger partial charge < -0.3 is 13.9 Å². The molecule has 0 radical (unpaired) electrons. The molecule has 0 unspecified atom stereocenters. The molecular weight excluding hydrogens is 378 g/mol. The molecule has 28 heavy (non-hydrogen) atoms. The van der Waals surface area contributed by atoms with E-state index in [-0.39, 0.29) is 5.56 Å². The van der Waals surface area contributed by atoms with E-state index in [1.54, 1.807) is 26.4 Å². The summed E-state index contributed by atoms with van der Waals surface area (Å²) in [5.41, 5.74) is 0.688. The van der Waals surface area contributed by atoms with Crippen LogP contribution in [0, 0.1) is 6.92 Å². The Morgan fingerprint density at radius 3 is 2.61 bits per heavy atom. The Hall–Kier alpha value is -3.39. The first kappa shape index (κ1) is 18.0. The Balaban J connectivity index is 1.63. The van der Waals surface area contributed by atoms with Gasteiger partial charge in [0.05, 0.1) is 14.2 Å². The van der Waals surface area contributed by atoms with Crippen LogP contribution in [0.2, 0.25) is 0 Å². The first-order chi connectivity index (χ1) is 13.6. The summed E-state index contributed by atoms with van der Waals surface area (Å²) in [6.07, 6.45) is 5.31. The van der Waals surface area contributed by atoms with Crippen LogP contribution in [0.4, 0.5) is 0 Å². The summed E-state index contributed by atoms with van der Waals surface area (Å²) >= 11 is 1.27. The van der Waals surface area contributed by atoms with Crippen LogP contribution in [0.5, 0.6) is 11.5 Å². The van der Waals surface area contributed by atoms with E-state index in [9.17, 15) is 4.79 Å². The van der Waals surface area contributed by atoms with Crippen LogP contribution >= 0.6 is 11.3 Å². The molecule has 4 rings (SSSR count). The normalized spacial score (nSPS) is 12.3. The van der Waals surface area contributed by atoms with E-state index in [4.69, 9.17) is 13.9 Å². The van der Waals surface area contributed by atoms with E-state index in [2.05, 4.69) is 10.1 Å². The highest BCUT2D eigenvalue weighted by Crippen LogP contribution is 2.28. The van der Waals surface area contributed by atoms with Crippen LogP contribution in [-0.4, -0.2) is 28.8 Å². The van der Waals surface area contributed by atoms with Gasteiger partial charge >= 0.3 is 0 Å². The fraction of sp³-hybridized carbons (Fsp3) is 0.150. The Morgan fingerprint density at radius 1 is 1.11 bits per heavy atom. The zero-order valence-electron chi connectivity index (χ0n) is 15.5. The minimum atomic E-state index is -0.215. The van der Waals surface area contributed by atoms with Gasteiger partial charge in [0.2, 0.25) is 4.96 Å². The lowest BCUT2D eigenvalue weighted by Crippen LogP contribution is -2.23. The third-order valence-electron chi connectivity index (χ3n) is 4.07. The van der Waals surface area contributed by atoms with Gasteiger partial charge in [-0.1, -0.05) is 23.5 Å². The highest BCUT2D eigenvalue weighted by atomic mass is 32.1. The second-order valence-corrected chi connectivity index (χ2v) is 6.99. The quantitative estimate of drug-likeness (QED) is 0.517. The third-order valence-corrected chi connectivity index (χ3v) is 5.02. The number of thiazole rings is 1. The van der Waals surface area contributed by atoms with Crippen LogP contribution in [0.15, 0.2) is 39.5 Å². The van der Waals surface area contributed by atoms with E-state index in [0.29, 0.717) is 32.6 Å².